The summed E-state index contributed by atoms with van der Waals surface area (Å²) in [5.74, 6) is 0.469. The van der Waals surface area contributed by atoms with Gasteiger partial charge in [0.15, 0.2) is 0 Å². The van der Waals surface area contributed by atoms with Crippen LogP contribution in [0.3, 0.4) is 0 Å². The van der Waals surface area contributed by atoms with Gasteiger partial charge in [-0.1, -0.05) is 41.6 Å². The Balaban J connectivity index is 0.00000176. The van der Waals surface area contributed by atoms with Crippen LogP contribution < -0.4 is 0 Å². The summed E-state index contributed by atoms with van der Waals surface area (Å²) in [5, 5.41) is 0.839. The second kappa shape index (κ2) is 7.87. The molecule has 118 valence electrons. The third-order valence-corrected chi connectivity index (χ3v) is 5.38. The second-order valence-electron chi connectivity index (χ2n) is 5.82. The highest BCUT2D eigenvalue weighted by Gasteiger charge is 2.25. The van der Waals surface area contributed by atoms with Gasteiger partial charge in [-0.15, -0.1) is 17.0 Å². The van der Waals surface area contributed by atoms with Crippen molar-refractivity contribution < 1.29 is 0 Å². The highest BCUT2D eigenvalue weighted by molar-refractivity contribution is 8.93. The van der Waals surface area contributed by atoms with Crippen LogP contribution in [0.25, 0.3) is 0 Å². The molecule has 0 radical (unpaired) electrons. The van der Waals surface area contributed by atoms with E-state index in [0.717, 1.165) is 11.6 Å². The lowest BCUT2D eigenvalue weighted by Crippen LogP contribution is -2.15. The first-order valence-electron chi connectivity index (χ1n) is 7.36. The summed E-state index contributed by atoms with van der Waals surface area (Å²) in [6.45, 7) is 1.13. The molecule has 1 unspecified atom stereocenters. The Kier molecular flexibility index (Phi) is 6.39. The number of fused-ring (bicyclic) bond motifs is 2. The van der Waals surface area contributed by atoms with Gasteiger partial charge < -0.3 is 4.90 Å². The maximum atomic E-state index is 6.24. The maximum Gasteiger partial charge on any atom is 0.0409 e. The Labute approximate surface area is 152 Å². The Morgan fingerprint density at radius 2 is 1.77 bits per heavy atom. The third-order valence-electron chi connectivity index (χ3n) is 3.96. The summed E-state index contributed by atoms with van der Waals surface area (Å²) in [6, 6.07) is 15.1. The number of hydrogen-bond donors (Lipinski definition) is 0. The molecule has 1 aliphatic rings. The van der Waals surface area contributed by atoms with Crippen LogP contribution in [0.5, 0.6) is 0 Å². The van der Waals surface area contributed by atoms with Gasteiger partial charge in [0.1, 0.15) is 0 Å². The smallest absolute Gasteiger partial charge is 0.0409 e. The zero-order valence-electron chi connectivity index (χ0n) is 12.9. The minimum absolute atomic E-state index is 0. The molecular weight excluding hydrogens is 378 g/mol. The van der Waals surface area contributed by atoms with Crippen LogP contribution in [0.1, 0.15) is 29.9 Å². The average Bonchev–Trinajstić information content (AvgIpc) is 2.46. The van der Waals surface area contributed by atoms with Gasteiger partial charge in [-0.3, -0.25) is 0 Å². The normalized spacial score (nSPS) is 15.9. The quantitative estimate of drug-likeness (QED) is 0.635. The van der Waals surface area contributed by atoms with Gasteiger partial charge in [0.25, 0.3) is 0 Å². The van der Waals surface area contributed by atoms with Crippen molar-refractivity contribution in [3.05, 3.63) is 58.6 Å². The lowest BCUT2D eigenvalue weighted by atomic mass is 9.87. The molecule has 1 atom stereocenters. The summed E-state index contributed by atoms with van der Waals surface area (Å²) in [4.78, 5) is 5.00. The molecule has 0 aliphatic carbocycles. The van der Waals surface area contributed by atoms with Crippen LogP contribution in [0, 0.1) is 0 Å². The molecule has 0 spiro atoms. The minimum Gasteiger partial charge on any atom is -0.309 e. The monoisotopic (exact) mass is 397 g/mol. The van der Waals surface area contributed by atoms with Crippen LogP contribution in [0.4, 0.5) is 0 Å². The van der Waals surface area contributed by atoms with Crippen molar-refractivity contribution in [2.75, 3.05) is 20.6 Å². The van der Waals surface area contributed by atoms with Crippen molar-refractivity contribution >= 4 is 40.3 Å². The molecule has 0 saturated carbocycles. The van der Waals surface area contributed by atoms with E-state index in [2.05, 4.69) is 55.4 Å². The van der Waals surface area contributed by atoms with Crippen LogP contribution in [-0.4, -0.2) is 25.5 Å². The standard InChI is InChI=1S/C18H20ClNS.BrH/c1-20(2)11-5-7-14-15-6-3-4-8-17(15)21-18-10-9-13(19)12-16(14)18;/h3-4,6,8-10,12,14H,5,7,11H2,1-2H3;1H. The molecule has 1 nitrogen and oxygen atoms in total. The molecule has 0 bridgehead atoms. The van der Waals surface area contributed by atoms with Crippen molar-refractivity contribution in [1.82, 2.24) is 4.90 Å². The Morgan fingerprint density at radius 1 is 1.05 bits per heavy atom. The second-order valence-corrected chi connectivity index (χ2v) is 7.34. The maximum absolute atomic E-state index is 6.24. The van der Waals surface area contributed by atoms with Crippen LogP contribution in [0.2, 0.25) is 5.02 Å². The molecule has 22 heavy (non-hydrogen) atoms. The molecule has 1 heterocycles. The molecule has 1 aliphatic heterocycles. The van der Waals surface area contributed by atoms with Gasteiger partial charge in [0.05, 0.1) is 0 Å². The van der Waals surface area contributed by atoms with Crippen molar-refractivity contribution in [2.24, 2.45) is 0 Å². The highest BCUT2D eigenvalue weighted by Crippen LogP contribution is 2.47. The molecule has 0 amide bonds. The van der Waals surface area contributed by atoms with E-state index in [1.807, 2.05) is 17.8 Å². The fourth-order valence-electron chi connectivity index (χ4n) is 2.95. The van der Waals surface area contributed by atoms with Crippen LogP contribution >= 0.6 is 40.3 Å². The van der Waals surface area contributed by atoms with E-state index in [-0.39, 0.29) is 17.0 Å². The molecular formula is C18H21BrClNS. The summed E-state index contributed by atoms with van der Waals surface area (Å²) in [7, 11) is 4.27. The number of benzene rings is 2. The largest absolute Gasteiger partial charge is 0.309 e. The summed E-state index contributed by atoms with van der Waals surface area (Å²) < 4.78 is 0. The minimum atomic E-state index is 0. The molecule has 2 aromatic carbocycles. The first kappa shape index (κ1) is 17.9. The van der Waals surface area contributed by atoms with E-state index < -0.39 is 0 Å². The van der Waals surface area contributed by atoms with E-state index in [1.165, 1.54) is 33.8 Å². The first-order chi connectivity index (χ1) is 10.1. The SMILES string of the molecule is Br.CN(C)CCCC1c2ccccc2Sc2ccc(Cl)cc21. The number of halogens is 2. The summed E-state index contributed by atoms with van der Waals surface area (Å²) in [5.41, 5.74) is 2.85. The molecule has 0 aromatic heterocycles. The van der Waals surface area contributed by atoms with Gasteiger partial charge in [0, 0.05) is 20.7 Å². The van der Waals surface area contributed by atoms with E-state index in [1.54, 1.807) is 0 Å². The van der Waals surface area contributed by atoms with Gasteiger partial charge in [-0.05, 0) is 68.9 Å². The predicted octanol–water partition coefficient (Wildman–Crippen LogP) is 5.86. The summed E-state index contributed by atoms with van der Waals surface area (Å²) >= 11 is 8.10. The number of hydrogen-bond acceptors (Lipinski definition) is 2. The molecule has 2 aromatic rings. The summed E-state index contributed by atoms with van der Waals surface area (Å²) in [6.07, 6.45) is 2.37. The molecule has 4 heteroatoms. The Hall–Kier alpha value is -0.480. The molecule has 3 rings (SSSR count). The fraction of sp³-hybridized carbons (Fsp3) is 0.333. The van der Waals surface area contributed by atoms with E-state index in [4.69, 9.17) is 11.6 Å². The van der Waals surface area contributed by atoms with Crippen LogP contribution in [-0.2, 0) is 0 Å². The molecule has 0 N–H and O–H groups in total. The van der Waals surface area contributed by atoms with Crippen molar-refractivity contribution in [1.29, 1.82) is 0 Å². The van der Waals surface area contributed by atoms with E-state index in [0.29, 0.717) is 5.92 Å². The first-order valence-corrected chi connectivity index (χ1v) is 8.55. The van der Waals surface area contributed by atoms with Gasteiger partial charge in [-0.2, -0.15) is 0 Å². The number of rotatable bonds is 4. The lowest BCUT2D eigenvalue weighted by molar-refractivity contribution is 0.389. The zero-order chi connectivity index (χ0) is 14.8. The zero-order valence-corrected chi connectivity index (χ0v) is 16.2. The Morgan fingerprint density at radius 3 is 2.55 bits per heavy atom. The van der Waals surface area contributed by atoms with E-state index >= 15 is 0 Å². The van der Waals surface area contributed by atoms with Gasteiger partial charge >= 0.3 is 0 Å². The molecule has 0 saturated heterocycles. The Bertz CT molecular complexity index is 645. The average molecular weight is 399 g/mol. The van der Waals surface area contributed by atoms with Crippen molar-refractivity contribution in [2.45, 2.75) is 28.6 Å². The third kappa shape index (κ3) is 3.88. The van der Waals surface area contributed by atoms with Crippen molar-refractivity contribution in [3.63, 3.8) is 0 Å². The topological polar surface area (TPSA) is 3.24 Å². The van der Waals surface area contributed by atoms with E-state index in [9.17, 15) is 0 Å². The van der Waals surface area contributed by atoms with Crippen LogP contribution in [0.15, 0.2) is 52.3 Å². The fourth-order valence-corrected chi connectivity index (χ4v) is 4.30. The van der Waals surface area contributed by atoms with Crippen molar-refractivity contribution in [3.8, 4) is 0 Å². The van der Waals surface area contributed by atoms with Gasteiger partial charge in [0.2, 0.25) is 0 Å². The van der Waals surface area contributed by atoms with Gasteiger partial charge in [-0.25, -0.2) is 0 Å². The number of nitrogens with zero attached hydrogens (tertiary/aromatic N) is 1. The highest BCUT2D eigenvalue weighted by atomic mass is 79.9. The molecule has 0 fully saturated rings. The predicted molar refractivity (Wildman–Crippen MR) is 102 cm³/mol. The lowest BCUT2D eigenvalue weighted by Gasteiger charge is -2.28.